The van der Waals surface area contributed by atoms with E-state index >= 15 is 0 Å². The van der Waals surface area contributed by atoms with Crippen LogP contribution >= 0.6 is 0 Å². The predicted molar refractivity (Wildman–Crippen MR) is 114 cm³/mol. The fourth-order valence-corrected chi connectivity index (χ4v) is 4.04. The summed E-state index contributed by atoms with van der Waals surface area (Å²) >= 11 is 0. The van der Waals surface area contributed by atoms with Crippen molar-refractivity contribution in [3.05, 3.63) is 58.4 Å². The summed E-state index contributed by atoms with van der Waals surface area (Å²) in [5.74, 6) is -1.36. The lowest BCUT2D eigenvalue weighted by atomic mass is 9.79. The minimum absolute atomic E-state index is 0.158. The van der Waals surface area contributed by atoms with E-state index in [-0.39, 0.29) is 12.7 Å². The van der Waals surface area contributed by atoms with Gasteiger partial charge < -0.3 is 19.1 Å². The van der Waals surface area contributed by atoms with Crippen molar-refractivity contribution in [2.75, 3.05) is 20.3 Å². The highest BCUT2D eigenvalue weighted by atomic mass is 16.6. The van der Waals surface area contributed by atoms with Gasteiger partial charge in [-0.05, 0) is 46.1 Å². The van der Waals surface area contributed by atoms with Gasteiger partial charge in [0.25, 0.3) is 0 Å². The summed E-state index contributed by atoms with van der Waals surface area (Å²) in [6.07, 6.45) is 1.81. The molecule has 0 N–H and O–H groups in total. The molecule has 30 heavy (non-hydrogen) atoms. The average molecular weight is 414 g/mol. The summed E-state index contributed by atoms with van der Waals surface area (Å²) in [4.78, 5) is 28.6. The fraction of sp³-hybridized carbons (Fsp3) is 0.500. The van der Waals surface area contributed by atoms with Crippen molar-refractivity contribution in [1.29, 1.82) is 0 Å². The molecule has 0 spiro atoms. The van der Waals surface area contributed by atoms with Crippen LogP contribution < -0.4 is 0 Å². The van der Waals surface area contributed by atoms with Gasteiger partial charge in [0.1, 0.15) is 6.61 Å². The maximum atomic E-state index is 13.2. The van der Waals surface area contributed by atoms with Gasteiger partial charge in [0.15, 0.2) is 0 Å². The average Bonchev–Trinajstić information content (AvgIpc) is 3.52. The zero-order chi connectivity index (χ0) is 21.8. The molecule has 2 aliphatic rings. The van der Waals surface area contributed by atoms with Gasteiger partial charge in [-0.2, -0.15) is 0 Å². The SMILES string of the molecule is COCCOC(=O)C1=C(C)N(C2CC2)C(C)=C(C(=O)OC(C)C)C1c1ccccc1. The maximum Gasteiger partial charge on any atom is 0.337 e. The molecule has 1 unspecified atom stereocenters. The number of carbonyl (C=O) groups excluding carboxylic acids is 2. The van der Waals surface area contributed by atoms with Gasteiger partial charge >= 0.3 is 11.9 Å². The zero-order valence-electron chi connectivity index (χ0n) is 18.4. The summed E-state index contributed by atoms with van der Waals surface area (Å²) in [5, 5.41) is 0. The summed E-state index contributed by atoms with van der Waals surface area (Å²) < 4.78 is 16.1. The van der Waals surface area contributed by atoms with Crippen LogP contribution in [0.25, 0.3) is 0 Å². The van der Waals surface area contributed by atoms with Crippen LogP contribution in [0.4, 0.5) is 0 Å². The second-order valence-corrected chi connectivity index (χ2v) is 8.03. The Hall–Kier alpha value is -2.60. The van der Waals surface area contributed by atoms with Crippen LogP contribution in [0.1, 0.15) is 52.0 Å². The molecular weight excluding hydrogens is 382 g/mol. The number of hydrogen-bond acceptors (Lipinski definition) is 6. The van der Waals surface area contributed by atoms with E-state index < -0.39 is 17.9 Å². The van der Waals surface area contributed by atoms with E-state index in [9.17, 15) is 9.59 Å². The predicted octanol–water partition coefficient (Wildman–Crippen LogP) is 3.94. The van der Waals surface area contributed by atoms with Crippen molar-refractivity contribution in [3.63, 3.8) is 0 Å². The third-order valence-corrected chi connectivity index (χ3v) is 5.43. The van der Waals surface area contributed by atoms with Gasteiger partial charge in [0.05, 0.1) is 29.8 Å². The van der Waals surface area contributed by atoms with Gasteiger partial charge in [0, 0.05) is 24.5 Å². The Balaban J connectivity index is 2.13. The zero-order valence-corrected chi connectivity index (χ0v) is 18.4. The van der Waals surface area contributed by atoms with Gasteiger partial charge in [-0.15, -0.1) is 0 Å². The Morgan fingerprint density at radius 2 is 1.60 bits per heavy atom. The number of carbonyl (C=O) groups is 2. The molecule has 6 nitrogen and oxygen atoms in total. The third kappa shape index (κ3) is 4.59. The molecule has 1 aromatic carbocycles. The van der Waals surface area contributed by atoms with Crippen molar-refractivity contribution in [1.82, 2.24) is 4.90 Å². The molecule has 0 aromatic heterocycles. The molecule has 1 fully saturated rings. The third-order valence-electron chi connectivity index (χ3n) is 5.43. The lowest BCUT2D eigenvalue weighted by Gasteiger charge is -2.38. The van der Waals surface area contributed by atoms with Crippen LogP contribution in [-0.4, -0.2) is 49.3 Å². The molecule has 0 amide bonds. The molecule has 1 aliphatic carbocycles. The minimum Gasteiger partial charge on any atom is -0.460 e. The molecule has 0 radical (unpaired) electrons. The van der Waals surface area contributed by atoms with Gasteiger partial charge in [-0.1, -0.05) is 30.3 Å². The van der Waals surface area contributed by atoms with E-state index in [0.717, 1.165) is 29.8 Å². The number of benzene rings is 1. The minimum atomic E-state index is -0.539. The lowest BCUT2D eigenvalue weighted by Crippen LogP contribution is -2.37. The number of esters is 2. The van der Waals surface area contributed by atoms with Crippen molar-refractivity contribution in [3.8, 4) is 0 Å². The van der Waals surface area contributed by atoms with E-state index in [1.807, 2.05) is 58.0 Å². The van der Waals surface area contributed by atoms with Crippen molar-refractivity contribution >= 4 is 11.9 Å². The Morgan fingerprint density at radius 1 is 1.00 bits per heavy atom. The smallest absolute Gasteiger partial charge is 0.337 e. The molecule has 1 aromatic rings. The van der Waals surface area contributed by atoms with Gasteiger partial charge in [-0.3, -0.25) is 0 Å². The highest BCUT2D eigenvalue weighted by Gasteiger charge is 2.44. The highest BCUT2D eigenvalue weighted by Crippen LogP contribution is 2.46. The van der Waals surface area contributed by atoms with Crippen LogP contribution in [0.15, 0.2) is 52.9 Å². The Labute approximate surface area is 178 Å². The van der Waals surface area contributed by atoms with E-state index in [4.69, 9.17) is 14.2 Å². The largest absolute Gasteiger partial charge is 0.460 e. The molecule has 1 heterocycles. The number of methoxy groups -OCH3 is 1. The van der Waals surface area contributed by atoms with Crippen molar-refractivity contribution < 1.29 is 23.8 Å². The second kappa shape index (κ2) is 9.47. The fourth-order valence-electron chi connectivity index (χ4n) is 4.04. The Kier molecular flexibility index (Phi) is 6.98. The standard InChI is InChI=1S/C24H31NO5/c1-15(2)30-24(27)21-17(4)25(19-11-12-19)16(3)20(23(26)29-14-13-28-5)22(21)18-9-7-6-8-10-18/h6-10,15,19,22H,11-14H2,1-5H3. The number of rotatable bonds is 8. The first kappa shape index (κ1) is 22.1. The normalized spacial score (nSPS) is 19.4. The quantitative estimate of drug-likeness (QED) is 0.475. The maximum absolute atomic E-state index is 13.2. The molecular formula is C24H31NO5. The number of nitrogens with zero attached hydrogens (tertiary/aromatic N) is 1. The molecule has 1 aliphatic heterocycles. The van der Waals surface area contributed by atoms with Crippen LogP contribution in [0, 0.1) is 0 Å². The van der Waals surface area contributed by atoms with E-state index in [2.05, 4.69) is 4.90 Å². The van der Waals surface area contributed by atoms with Crippen LogP contribution in [-0.2, 0) is 23.8 Å². The molecule has 0 saturated heterocycles. The number of allylic oxidation sites excluding steroid dienone is 2. The molecule has 162 valence electrons. The van der Waals surface area contributed by atoms with Crippen LogP contribution in [0.3, 0.4) is 0 Å². The first-order chi connectivity index (χ1) is 14.4. The topological polar surface area (TPSA) is 65.1 Å². The van der Waals surface area contributed by atoms with Gasteiger partial charge in [-0.25, -0.2) is 9.59 Å². The highest BCUT2D eigenvalue weighted by molar-refractivity contribution is 6.00. The van der Waals surface area contributed by atoms with Crippen molar-refractivity contribution in [2.24, 2.45) is 0 Å². The van der Waals surface area contributed by atoms with Crippen LogP contribution in [0.5, 0.6) is 0 Å². The molecule has 1 atom stereocenters. The van der Waals surface area contributed by atoms with Crippen molar-refractivity contribution in [2.45, 2.75) is 58.6 Å². The Bertz CT molecular complexity index is 852. The first-order valence-electron chi connectivity index (χ1n) is 10.5. The summed E-state index contributed by atoms with van der Waals surface area (Å²) in [6.45, 7) is 8.02. The summed E-state index contributed by atoms with van der Waals surface area (Å²) in [5.41, 5.74) is 3.55. The number of hydrogen-bond donors (Lipinski definition) is 0. The lowest BCUT2D eigenvalue weighted by molar-refractivity contribution is -0.143. The van der Waals surface area contributed by atoms with E-state index in [1.54, 1.807) is 7.11 Å². The summed E-state index contributed by atoms with van der Waals surface area (Å²) in [7, 11) is 1.56. The Morgan fingerprint density at radius 3 is 2.13 bits per heavy atom. The monoisotopic (exact) mass is 413 g/mol. The molecule has 0 bridgehead atoms. The first-order valence-corrected chi connectivity index (χ1v) is 10.5. The van der Waals surface area contributed by atoms with E-state index in [0.29, 0.717) is 23.8 Å². The molecule has 6 heteroatoms. The molecule has 1 saturated carbocycles. The summed E-state index contributed by atoms with van der Waals surface area (Å²) in [6, 6.07) is 9.90. The van der Waals surface area contributed by atoms with Gasteiger partial charge in [0.2, 0.25) is 0 Å². The van der Waals surface area contributed by atoms with E-state index in [1.165, 1.54) is 0 Å². The second-order valence-electron chi connectivity index (χ2n) is 8.03. The molecule has 3 rings (SSSR count). The number of ether oxygens (including phenoxy) is 3. The van der Waals surface area contributed by atoms with Crippen LogP contribution in [0.2, 0.25) is 0 Å².